The van der Waals surface area contributed by atoms with E-state index in [9.17, 15) is 18.0 Å². The van der Waals surface area contributed by atoms with Gasteiger partial charge in [0, 0.05) is 18.5 Å². The zero-order chi connectivity index (χ0) is 17.9. The van der Waals surface area contributed by atoms with Crippen molar-refractivity contribution in [2.75, 3.05) is 6.54 Å². The van der Waals surface area contributed by atoms with Gasteiger partial charge in [0.05, 0.1) is 11.6 Å². The molecule has 1 unspecified atom stereocenters. The average molecular weight is 394 g/mol. The van der Waals surface area contributed by atoms with Crippen LogP contribution in [0.2, 0.25) is 0 Å². The summed E-state index contributed by atoms with van der Waals surface area (Å²) in [6.45, 7) is 4.07. The normalized spacial score (nSPS) is 12.4. The molecule has 0 saturated heterocycles. The fraction of sp³-hybridized carbons (Fsp3) is 0.375. The highest BCUT2D eigenvalue weighted by molar-refractivity contribution is 7.09. The van der Waals surface area contributed by atoms with E-state index in [1.54, 1.807) is 25.3 Å². The van der Waals surface area contributed by atoms with Gasteiger partial charge in [-0.15, -0.1) is 23.7 Å². The van der Waals surface area contributed by atoms with Crippen LogP contribution >= 0.6 is 23.7 Å². The Hall–Kier alpha value is -1.64. The van der Waals surface area contributed by atoms with Crippen LogP contribution in [0.3, 0.4) is 0 Å². The standard InChI is InChI=1S/C16H18F3N3OS.ClH/c1-3-22(15(23)13-9-24-14(8-20)21-13)10(2)11-5-4-6-12(7-11)16(17,18)19;/h4-7,9-10H,3,8,20H2,1-2H3;1H. The molecule has 0 aliphatic heterocycles. The van der Waals surface area contributed by atoms with Crippen LogP contribution in [0.15, 0.2) is 29.6 Å². The molecule has 0 saturated carbocycles. The molecule has 9 heteroatoms. The summed E-state index contributed by atoms with van der Waals surface area (Å²) in [5, 5.41) is 2.26. The zero-order valence-electron chi connectivity index (χ0n) is 13.7. The number of amides is 1. The summed E-state index contributed by atoms with van der Waals surface area (Å²) in [5.41, 5.74) is 5.46. The van der Waals surface area contributed by atoms with Gasteiger partial charge in [-0.2, -0.15) is 13.2 Å². The first-order valence-electron chi connectivity index (χ1n) is 7.40. The van der Waals surface area contributed by atoms with Crippen molar-refractivity contribution in [3.63, 3.8) is 0 Å². The molecule has 1 aromatic heterocycles. The molecule has 0 aliphatic carbocycles. The SMILES string of the molecule is CCN(C(=O)c1csc(CN)n1)C(C)c1cccc(C(F)(F)F)c1.Cl. The third kappa shape index (κ3) is 4.93. The molecule has 2 aromatic rings. The van der Waals surface area contributed by atoms with E-state index in [-0.39, 0.29) is 30.6 Å². The molecule has 1 amide bonds. The van der Waals surface area contributed by atoms with Gasteiger partial charge in [0.15, 0.2) is 0 Å². The molecule has 0 spiro atoms. The molecule has 0 fully saturated rings. The number of alkyl halides is 3. The average Bonchev–Trinajstić information content (AvgIpc) is 3.03. The third-order valence-corrected chi connectivity index (χ3v) is 4.58. The first-order valence-corrected chi connectivity index (χ1v) is 8.28. The lowest BCUT2D eigenvalue weighted by Crippen LogP contribution is -2.33. The first kappa shape index (κ1) is 21.4. The highest BCUT2D eigenvalue weighted by Crippen LogP contribution is 2.32. The second kappa shape index (κ2) is 8.64. The van der Waals surface area contributed by atoms with E-state index in [0.29, 0.717) is 17.1 Å². The Labute approximate surface area is 154 Å². The molecule has 138 valence electrons. The van der Waals surface area contributed by atoms with Crippen molar-refractivity contribution in [2.24, 2.45) is 5.73 Å². The summed E-state index contributed by atoms with van der Waals surface area (Å²) in [6.07, 6.45) is -4.41. The van der Waals surface area contributed by atoms with Gasteiger partial charge in [-0.3, -0.25) is 4.79 Å². The molecule has 4 nitrogen and oxygen atoms in total. The molecule has 1 aromatic carbocycles. The van der Waals surface area contributed by atoms with E-state index >= 15 is 0 Å². The van der Waals surface area contributed by atoms with E-state index in [1.807, 2.05) is 0 Å². The van der Waals surface area contributed by atoms with Gasteiger partial charge in [0.25, 0.3) is 5.91 Å². The molecular formula is C16H19ClF3N3OS. The molecule has 0 radical (unpaired) electrons. The van der Waals surface area contributed by atoms with E-state index in [0.717, 1.165) is 12.1 Å². The van der Waals surface area contributed by atoms with Crippen molar-refractivity contribution in [2.45, 2.75) is 32.6 Å². The lowest BCUT2D eigenvalue weighted by Gasteiger charge is -2.28. The van der Waals surface area contributed by atoms with Crippen molar-refractivity contribution in [3.8, 4) is 0 Å². The van der Waals surface area contributed by atoms with E-state index in [4.69, 9.17) is 5.73 Å². The summed E-state index contributed by atoms with van der Waals surface area (Å²) in [4.78, 5) is 18.3. The minimum Gasteiger partial charge on any atom is -0.331 e. The minimum atomic E-state index is -4.41. The molecule has 25 heavy (non-hydrogen) atoms. The summed E-state index contributed by atoms with van der Waals surface area (Å²) in [6, 6.07) is 4.52. The smallest absolute Gasteiger partial charge is 0.331 e. The van der Waals surface area contributed by atoms with Crippen LogP contribution in [0.4, 0.5) is 13.2 Å². The number of aromatic nitrogens is 1. The molecule has 1 atom stereocenters. The molecule has 1 heterocycles. The van der Waals surface area contributed by atoms with E-state index < -0.39 is 17.8 Å². The number of rotatable bonds is 5. The number of hydrogen-bond acceptors (Lipinski definition) is 4. The molecule has 0 bridgehead atoms. The van der Waals surface area contributed by atoms with Crippen LogP contribution in [0.25, 0.3) is 0 Å². The maximum absolute atomic E-state index is 12.9. The molecule has 2 rings (SSSR count). The fourth-order valence-electron chi connectivity index (χ4n) is 2.40. The number of thiazole rings is 1. The van der Waals surface area contributed by atoms with Gasteiger partial charge in [0.2, 0.25) is 0 Å². The summed E-state index contributed by atoms with van der Waals surface area (Å²) >= 11 is 1.29. The van der Waals surface area contributed by atoms with E-state index in [1.165, 1.54) is 22.3 Å². The predicted octanol–water partition coefficient (Wildman–Crippen LogP) is 4.27. The summed E-state index contributed by atoms with van der Waals surface area (Å²) in [5.74, 6) is -0.321. The number of halogens is 4. The number of hydrogen-bond donors (Lipinski definition) is 1. The Morgan fingerprint density at radius 3 is 2.60 bits per heavy atom. The molecule has 2 N–H and O–H groups in total. The Morgan fingerprint density at radius 2 is 2.08 bits per heavy atom. The molecule has 0 aliphatic rings. The van der Waals surface area contributed by atoms with Crippen molar-refractivity contribution in [3.05, 3.63) is 51.5 Å². The van der Waals surface area contributed by atoms with Crippen molar-refractivity contribution in [1.29, 1.82) is 0 Å². The van der Waals surface area contributed by atoms with Gasteiger partial charge in [-0.1, -0.05) is 12.1 Å². The third-order valence-electron chi connectivity index (χ3n) is 3.71. The molecular weight excluding hydrogens is 375 g/mol. The predicted molar refractivity (Wildman–Crippen MR) is 93.8 cm³/mol. The first-order chi connectivity index (χ1) is 11.3. The maximum atomic E-state index is 12.9. The highest BCUT2D eigenvalue weighted by atomic mass is 35.5. The number of benzene rings is 1. The van der Waals surface area contributed by atoms with Crippen LogP contribution in [0.5, 0.6) is 0 Å². The maximum Gasteiger partial charge on any atom is 0.416 e. The minimum absolute atomic E-state index is 0. The Bertz CT molecular complexity index is 721. The number of carbonyl (C=O) groups excluding carboxylic acids is 1. The Kier molecular flexibility index (Phi) is 7.40. The number of carbonyl (C=O) groups is 1. The Morgan fingerprint density at radius 1 is 1.40 bits per heavy atom. The quantitative estimate of drug-likeness (QED) is 0.825. The van der Waals surface area contributed by atoms with Crippen molar-refractivity contribution < 1.29 is 18.0 Å². The lowest BCUT2D eigenvalue weighted by molar-refractivity contribution is -0.137. The zero-order valence-corrected chi connectivity index (χ0v) is 15.3. The van der Waals surface area contributed by atoms with Gasteiger partial charge in [-0.05, 0) is 31.5 Å². The topological polar surface area (TPSA) is 59.2 Å². The van der Waals surface area contributed by atoms with Crippen LogP contribution in [-0.4, -0.2) is 22.3 Å². The monoisotopic (exact) mass is 393 g/mol. The number of nitrogens with two attached hydrogens (primary N) is 1. The van der Waals surface area contributed by atoms with E-state index in [2.05, 4.69) is 4.98 Å². The van der Waals surface area contributed by atoms with Crippen molar-refractivity contribution >= 4 is 29.7 Å². The Balaban J connectivity index is 0.00000312. The highest BCUT2D eigenvalue weighted by Gasteiger charge is 2.31. The van der Waals surface area contributed by atoms with Crippen LogP contribution in [0, 0.1) is 0 Å². The van der Waals surface area contributed by atoms with Gasteiger partial charge >= 0.3 is 6.18 Å². The van der Waals surface area contributed by atoms with Crippen LogP contribution in [0.1, 0.15) is 46.5 Å². The van der Waals surface area contributed by atoms with Gasteiger partial charge in [-0.25, -0.2) is 4.98 Å². The lowest BCUT2D eigenvalue weighted by atomic mass is 10.0. The summed E-state index contributed by atoms with van der Waals surface area (Å²) < 4.78 is 38.6. The fourth-order valence-corrected chi connectivity index (χ4v) is 3.05. The van der Waals surface area contributed by atoms with Gasteiger partial charge < -0.3 is 10.6 Å². The van der Waals surface area contributed by atoms with Crippen LogP contribution in [-0.2, 0) is 12.7 Å². The second-order valence-corrected chi connectivity index (χ2v) is 6.16. The van der Waals surface area contributed by atoms with Crippen molar-refractivity contribution in [1.82, 2.24) is 9.88 Å². The van der Waals surface area contributed by atoms with Gasteiger partial charge in [0.1, 0.15) is 10.7 Å². The summed E-state index contributed by atoms with van der Waals surface area (Å²) in [7, 11) is 0. The largest absolute Gasteiger partial charge is 0.416 e. The second-order valence-electron chi connectivity index (χ2n) is 5.22. The number of nitrogens with zero attached hydrogens (tertiary/aromatic N) is 2. The van der Waals surface area contributed by atoms with Crippen LogP contribution < -0.4 is 5.73 Å².